The van der Waals surface area contributed by atoms with E-state index in [-0.39, 0.29) is 17.7 Å². The van der Waals surface area contributed by atoms with Crippen LogP contribution in [0.1, 0.15) is 11.1 Å². The highest BCUT2D eigenvalue weighted by Crippen LogP contribution is 2.33. The van der Waals surface area contributed by atoms with E-state index in [2.05, 4.69) is 0 Å². The Labute approximate surface area is 90.3 Å². The molecule has 0 heterocycles. The minimum absolute atomic E-state index is 0.00885. The Morgan fingerprint density at radius 3 is 2.44 bits per heavy atom. The molecule has 0 saturated carbocycles. The van der Waals surface area contributed by atoms with Gasteiger partial charge in [-0.05, 0) is 17.7 Å². The molecule has 1 unspecified atom stereocenters. The van der Waals surface area contributed by atoms with Gasteiger partial charge in [0.25, 0.3) is 0 Å². The number of benzene rings is 1. The van der Waals surface area contributed by atoms with E-state index in [9.17, 15) is 13.2 Å². The summed E-state index contributed by atoms with van der Waals surface area (Å²) in [5.41, 5.74) is 4.33. The van der Waals surface area contributed by atoms with Crippen molar-refractivity contribution in [1.29, 1.82) is 0 Å². The van der Waals surface area contributed by atoms with E-state index in [4.69, 9.17) is 15.9 Å². The predicted octanol–water partition coefficient (Wildman–Crippen LogP) is 1.18. The van der Waals surface area contributed by atoms with Crippen molar-refractivity contribution in [3.8, 4) is 0 Å². The van der Waals surface area contributed by atoms with Gasteiger partial charge in [0.05, 0.1) is 18.3 Å². The van der Waals surface area contributed by atoms with Gasteiger partial charge in [0.15, 0.2) is 0 Å². The zero-order valence-corrected chi connectivity index (χ0v) is 8.33. The average Bonchev–Trinajstić information content (AvgIpc) is 2.19. The van der Waals surface area contributed by atoms with E-state index in [1.807, 2.05) is 0 Å². The summed E-state index contributed by atoms with van der Waals surface area (Å²) in [7, 11) is 0. The number of hydrogen-bond donors (Lipinski definition) is 3. The molecule has 0 amide bonds. The van der Waals surface area contributed by atoms with E-state index >= 15 is 0 Å². The number of alkyl halides is 3. The topological polar surface area (TPSA) is 66.5 Å². The summed E-state index contributed by atoms with van der Waals surface area (Å²) in [5.74, 6) is 0. The second-order valence-electron chi connectivity index (χ2n) is 3.45. The fourth-order valence-corrected chi connectivity index (χ4v) is 1.35. The summed E-state index contributed by atoms with van der Waals surface area (Å²) in [6.07, 6.45) is -5.98. The van der Waals surface area contributed by atoms with Crippen LogP contribution in [-0.4, -0.2) is 22.9 Å². The van der Waals surface area contributed by atoms with Gasteiger partial charge in [-0.1, -0.05) is 6.07 Å². The van der Waals surface area contributed by atoms with E-state index in [0.717, 1.165) is 6.07 Å². The van der Waals surface area contributed by atoms with Gasteiger partial charge < -0.3 is 15.9 Å². The molecule has 16 heavy (non-hydrogen) atoms. The molecule has 1 rings (SSSR count). The fraction of sp³-hybridized carbons (Fsp3) is 0.400. The van der Waals surface area contributed by atoms with Crippen molar-refractivity contribution in [2.45, 2.75) is 18.7 Å². The van der Waals surface area contributed by atoms with Crippen LogP contribution in [0.25, 0.3) is 0 Å². The molecule has 0 bridgehead atoms. The number of anilines is 1. The highest BCUT2D eigenvalue weighted by Gasteiger charge is 2.33. The van der Waals surface area contributed by atoms with Crippen molar-refractivity contribution in [1.82, 2.24) is 0 Å². The molecular formula is C10H12F3NO2. The van der Waals surface area contributed by atoms with Crippen LogP contribution in [0.15, 0.2) is 18.2 Å². The first-order chi connectivity index (χ1) is 7.34. The van der Waals surface area contributed by atoms with Crippen LogP contribution in [0.2, 0.25) is 0 Å². The van der Waals surface area contributed by atoms with Crippen molar-refractivity contribution >= 4 is 5.69 Å². The molecule has 90 valence electrons. The summed E-state index contributed by atoms with van der Waals surface area (Å²) in [6.45, 7) is -0.582. The Bertz CT molecular complexity index is 366. The molecule has 0 saturated heterocycles. The molecular weight excluding hydrogens is 223 g/mol. The number of aliphatic hydroxyl groups excluding tert-OH is 2. The van der Waals surface area contributed by atoms with Crippen LogP contribution >= 0.6 is 0 Å². The lowest BCUT2D eigenvalue weighted by Crippen LogP contribution is -2.19. The van der Waals surface area contributed by atoms with Crippen molar-refractivity contribution in [3.63, 3.8) is 0 Å². The van der Waals surface area contributed by atoms with Gasteiger partial charge in [-0.2, -0.15) is 13.2 Å². The van der Waals surface area contributed by atoms with Gasteiger partial charge in [0, 0.05) is 12.1 Å². The van der Waals surface area contributed by atoms with Crippen LogP contribution in [0.5, 0.6) is 0 Å². The number of hydrogen-bond acceptors (Lipinski definition) is 3. The smallest absolute Gasteiger partial charge is 0.399 e. The molecule has 0 radical (unpaired) electrons. The van der Waals surface area contributed by atoms with E-state index in [1.54, 1.807) is 0 Å². The Hall–Kier alpha value is -1.27. The van der Waals surface area contributed by atoms with Crippen molar-refractivity contribution < 1.29 is 23.4 Å². The maximum atomic E-state index is 12.6. The quantitative estimate of drug-likeness (QED) is 0.689. The van der Waals surface area contributed by atoms with E-state index in [1.165, 1.54) is 12.1 Å². The third-order valence-corrected chi connectivity index (χ3v) is 2.11. The molecule has 0 fully saturated rings. The molecule has 0 aliphatic heterocycles. The minimum atomic E-state index is -4.51. The van der Waals surface area contributed by atoms with Crippen LogP contribution < -0.4 is 5.73 Å². The Kier molecular flexibility index (Phi) is 3.77. The second-order valence-corrected chi connectivity index (χ2v) is 3.45. The van der Waals surface area contributed by atoms with Gasteiger partial charge in [0.1, 0.15) is 0 Å². The van der Waals surface area contributed by atoms with Crippen LogP contribution in [0, 0.1) is 0 Å². The summed E-state index contributed by atoms with van der Waals surface area (Å²) in [4.78, 5) is 0. The zero-order valence-electron chi connectivity index (χ0n) is 8.33. The molecule has 1 atom stereocenters. The molecule has 4 N–H and O–H groups in total. The van der Waals surface area contributed by atoms with Gasteiger partial charge in [-0.3, -0.25) is 0 Å². The van der Waals surface area contributed by atoms with Gasteiger partial charge in [0.2, 0.25) is 0 Å². The normalized spacial score (nSPS) is 13.8. The summed E-state index contributed by atoms with van der Waals surface area (Å²) >= 11 is 0. The predicted molar refractivity (Wildman–Crippen MR) is 52.7 cm³/mol. The number of nitrogens with two attached hydrogens (primary N) is 1. The second kappa shape index (κ2) is 4.71. The molecule has 6 heteroatoms. The molecule has 3 nitrogen and oxygen atoms in total. The summed E-state index contributed by atoms with van der Waals surface area (Å²) in [6, 6.07) is 3.35. The number of aliphatic hydroxyl groups is 2. The number of rotatable bonds is 3. The first-order valence-corrected chi connectivity index (χ1v) is 4.59. The van der Waals surface area contributed by atoms with Crippen LogP contribution in [0.4, 0.5) is 18.9 Å². The Morgan fingerprint density at radius 2 is 1.94 bits per heavy atom. The zero-order chi connectivity index (χ0) is 12.3. The minimum Gasteiger partial charge on any atom is -0.399 e. The third kappa shape index (κ3) is 3.11. The fourth-order valence-electron chi connectivity index (χ4n) is 1.35. The molecule has 1 aromatic rings. The van der Waals surface area contributed by atoms with Crippen LogP contribution in [-0.2, 0) is 12.6 Å². The van der Waals surface area contributed by atoms with Crippen LogP contribution in [0.3, 0.4) is 0 Å². The van der Waals surface area contributed by atoms with Gasteiger partial charge >= 0.3 is 6.18 Å². The molecule has 0 aliphatic carbocycles. The molecule has 0 spiro atoms. The Balaban J connectivity index is 3.08. The number of halogens is 3. The third-order valence-electron chi connectivity index (χ3n) is 2.11. The Morgan fingerprint density at radius 1 is 1.31 bits per heavy atom. The van der Waals surface area contributed by atoms with Gasteiger partial charge in [-0.25, -0.2) is 0 Å². The largest absolute Gasteiger partial charge is 0.416 e. The molecule has 1 aromatic carbocycles. The lowest BCUT2D eigenvalue weighted by molar-refractivity contribution is -0.138. The standard InChI is InChI=1S/C10H12F3NO2/c11-10(12,13)9-4-7(14)2-1-6(9)3-8(16)5-15/h1-2,4,8,15-16H,3,5,14H2. The average molecular weight is 235 g/mol. The summed E-state index contributed by atoms with van der Waals surface area (Å²) in [5, 5.41) is 17.7. The summed E-state index contributed by atoms with van der Waals surface area (Å²) < 4.78 is 37.7. The molecule has 0 aliphatic rings. The monoisotopic (exact) mass is 235 g/mol. The van der Waals surface area contributed by atoms with E-state index < -0.39 is 24.5 Å². The highest BCUT2D eigenvalue weighted by atomic mass is 19.4. The van der Waals surface area contributed by atoms with Crippen molar-refractivity contribution in [2.75, 3.05) is 12.3 Å². The first kappa shape index (κ1) is 12.8. The SMILES string of the molecule is Nc1ccc(CC(O)CO)c(C(F)(F)F)c1. The maximum Gasteiger partial charge on any atom is 0.416 e. The molecule has 0 aromatic heterocycles. The lowest BCUT2D eigenvalue weighted by Gasteiger charge is -2.15. The van der Waals surface area contributed by atoms with E-state index in [0.29, 0.717) is 0 Å². The van der Waals surface area contributed by atoms with Crippen molar-refractivity contribution in [2.24, 2.45) is 0 Å². The lowest BCUT2D eigenvalue weighted by atomic mass is 10.0. The van der Waals surface area contributed by atoms with Crippen molar-refractivity contribution in [3.05, 3.63) is 29.3 Å². The maximum absolute atomic E-state index is 12.6. The van der Waals surface area contributed by atoms with Gasteiger partial charge in [-0.15, -0.1) is 0 Å². The highest BCUT2D eigenvalue weighted by molar-refractivity contribution is 5.46. The number of nitrogen functional groups attached to an aromatic ring is 1. The first-order valence-electron chi connectivity index (χ1n) is 4.59.